The monoisotopic (exact) mass is 262 g/mol. The van der Waals surface area contributed by atoms with Crippen LogP contribution in [0.2, 0.25) is 0 Å². The molecule has 1 N–H and O–H groups in total. The van der Waals surface area contributed by atoms with Crippen LogP contribution in [0.4, 0.5) is 0 Å². The highest BCUT2D eigenvalue weighted by Gasteiger charge is 2.26. The van der Waals surface area contributed by atoms with Gasteiger partial charge in [-0.25, -0.2) is 0 Å². The maximum Gasteiger partial charge on any atom is 0.255 e. The molecule has 0 saturated heterocycles. The Kier molecular flexibility index (Phi) is 4.40. The van der Waals surface area contributed by atoms with Gasteiger partial charge in [0.15, 0.2) is 0 Å². The molecule has 4 nitrogen and oxygen atoms in total. The van der Waals surface area contributed by atoms with E-state index in [0.717, 1.165) is 18.8 Å². The highest BCUT2D eigenvalue weighted by molar-refractivity contribution is 5.94. The van der Waals surface area contributed by atoms with Crippen molar-refractivity contribution < 1.29 is 9.90 Å². The topological polar surface area (TPSA) is 53.4 Å². The molecule has 1 aliphatic rings. The molecule has 1 aromatic heterocycles. The van der Waals surface area contributed by atoms with Crippen molar-refractivity contribution in [2.24, 2.45) is 5.92 Å². The minimum Gasteiger partial charge on any atom is -0.506 e. The van der Waals surface area contributed by atoms with Gasteiger partial charge >= 0.3 is 0 Å². The van der Waals surface area contributed by atoms with Gasteiger partial charge in [-0.1, -0.05) is 13.3 Å². The lowest BCUT2D eigenvalue weighted by Crippen LogP contribution is -2.39. The summed E-state index contributed by atoms with van der Waals surface area (Å²) in [7, 11) is 1.85. The summed E-state index contributed by atoms with van der Waals surface area (Å²) < 4.78 is 0. The number of pyridine rings is 1. The van der Waals surface area contributed by atoms with Crippen molar-refractivity contribution in [1.82, 2.24) is 9.88 Å². The van der Waals surface area contributed by atoms with Gasteiger partial charge in [0.1, 0.15) is 5.75 Å². The van der Waals surface area contributed by atoms with E-state index in [1.165, 1.54) is 37.7 Å². The zero-order valence-electron chi connectivity index (χ0n) is 11.7. The predicted molar refractivity (Wildman–Crippen MR) is 74.0 cm³/mol. The molecule has 2 rings (SSSR count). The van der Waals surface area contributed by atoms with Crippen LogP contribution in [0.25, 0.3) is 0 Å². The van der Waals surface area contributed by atoms with Crippen LogP contribution in [0, 0.1) is 5.92 Å². The summed E-state index contributed by atoms with van der Waals surface area (Å²) in [5, 5.41) is 9.39. The van der Waals surface area contributed by atoms with E-state index in [1.807, 2.05) is 11.9 Å². The third-order valence-corrected chi connectivity index (χ3v) is 4.23. The molecule has 1 fully saturated rings. The Morgan fingerprint density at radius 1 is 1.37 bits per heavy atom. The second kappa shape index (κ2) is 6.04. The van der Waals surface area contributed by atoms with Gasteiger partial charge in [0.05, 0.1) is 11.8 Å². The molecule has 1 saturated carbocycles. The molecule has 0 unspecified atom stereocenters. The lowest BCUT2D eigenvalue weighted by molar-refractivity contribution is 0.0674. The van der Waals surface area contributed by atoms with E-state index in [1.54, 1.807) is 0 Å². The average Bonchev–Trinajstić information content (AvgIpc) is 2.46. The lowest BCUT2D eigenvalue weighted by Gasteiger charge is -2.34. The Hall–Kier alpha value is -1.58. The normalized spacial score (nSPS) is 23.1. The number of rotatable bonds is 3. The molecular formula is C15H22N2O2. The molecule has 0 bridgehead atoms. The van der Waals surface area contributed by atoms with E-state index < -0.39 is 0 Å². The van der Waals surface area contributed by atoms with Crippen LogP contribution in [0.15, 0.2) is 18.5 Å². The van der Waals surface area contributed by atoms with Crippen LogP contribution in [0.5, 0.6) is 5.75 Å². The molecule has 104 valence electrons. The van der Waals surface area contributed by atoms with Gasteiger partial charge < -0.3 is 10.0 Å². The second-order valence-electron chi connectivity index (χ2n) is 5.43. The quantitative estimate of drug-likeness (QED) is 0.911. The second-order valence-corrected chi connectivity index (χ2v) is 5.43. The van der Waals surface area contributed by atoms with Crippen molar-refractivity contribution in [3.8, 4) is 5.75 Å². The summed E-state index contributed by atoms with van der Waals surface area (Å²) in [6, 6.07) is 1.79. The van der Waals surface area contributed by atoms with E-state index in [-0.39, 0.29) is 11.7 Å². The molecule has 1 aliphatic carbocycles. The summed E-state index contributed by atoms with van der Waals surface area (Å²) in [6.07, 6.45) is 8.65. The molecule has 0 spiro atoms. The third kappa shape index (κ3) is 3.25. The summed E-state index contributed by atoms with van der Waals surface area (Å²) in [5.74, 6) is 0.805. The van der Waals surface area contributed by atoms with Crippen molar-refractivity contribution in [3.63, 3.8) is 0 Å². The van der Waals surface area contributed by atoms with Gasteiger partial charge in [-0.2, -0.15) is 0 Å². The van der Waals surface area contributed by atoms with Gasteiger partial charge in [-0.05, 0) is 37.7 Å². The van der Waals surface area contributed by atoms with Crippen molar-refractivity contribution in [1.29, 1.82) is 0 Å². The number of aromatic nitrogens is 1. The first-order valence-corrected chi connectivity index (χ1v) is 7.03. The number of carbonyl (C=O) groups excluding carboxylic acids is 1. The van der Waals surface area contributed by atoms with E-state index in [9.17, 15) is 9.90 Å². The smallest absolute Gasteiger partial charge is 0.255 e. The summed E-state index contributed by atoms with van der Waals surface area (Å²) in [5.41, 5.74) is 0.458. The molecule has 1 aromatic rings. The van der Waals surface area contributed by atoms with E-state index >= 15 is 0 Å². The summed E-state index contributed by atoms with van der Waals surface area (Å²) in [6.45, 7) is 2.23. The van der Waals surface area contributed by atoms with Gasteiger partial charge in [-0.15, -0.1) is 0 Å². The molecule has 1 amide bonds. The minimum absolute atomic E-state index is 0.0361. The standard InChI is InChI=1S/C15H22N2O2/c1-3-11-4-6-13(7-5-11)17(2)15(19)12-8-14(18)10-16-9-12/h8-11,13,18H,3-7H2,1-2H3. The van der Waals surface area contributed by atoms with Gasteiger partial charge in [0, 0.05) is 19.3 Å². The molecule has 0 radical (unpaired) electrons. The summed E-state index contributed by atoms with van der Waals surface area (Å²) in [4.78, 5) is 18.0. The van der Waals surface area contributed by atoms with Crippen LogP contribution in [0.1, 0.15) is 49.4 Å². The van der Waals surface area contributed by atoms with Crippen LogP contribution >= 0.6 is 0 Å². The Morgan fingerprint density at radius 2 is 2.05 bits per heavy atom. The molecule has 19 heavy (non-hydrogen) atoms. The first kappa shape index (κ1) is 13.8. The fourth-order valence-corrected chi connectivity index (χ4v) is 2.85. The van der Waals surface area contributed by atoms with Crippen LogP contribution < -0.4 is 0 Å². The van der Waals surface area contributed by atoms with Crippen LogP contribution in [-0.4, -0.2) is 34.0 Å². The fraction of sp³-hybridized carbons (Fsp3) is 0.600. The number of nitrogens with zero attached hydrogens (tertiary/aromatic N) is 2. The van der Waals surface area contributed by atoms with Crippen LogP contribution in [0.3, 0.4) is 0 Å². The first-order valence-electron chi connectivity index (χ1n) is 7.03. The van der Waals surface area contributed by atoms with Gasteiger partial charge in [-0.3, -0.25) is 9.78 Å². The highest BCUT2D eigenvalue weighted by Crippen LogP contribution is 2.29. The number of amides is 1. The molecule has 0 aromatic carbocycles. The van der Waals surface area contributed by atoms with E-state index in [0.29, 0.717) is 11.6 Å². The Morgan fingerprint density at radius 3 is 2.63 bits per heavy atom. The fourth-order valence-electron chi connectivity index (χ4n) is 2.85. The average molecular weight is 262 g/mol. The number of hydrogen-bond donors (Lipinski definition) is 1. The zero-order chi connectivity index (χ0) is 13.8. The lowest BCUT2D eigenvalue weighted by atomic mass is 9.84. The Bertz CT molecular complexity index is 440. The van der Waals surface area contributed by atoms with Gasteiger partial charge in [0.2, 0.25) is 0 Å². The maximum atomic E-state index is 12.3. The largest absolute Gasteiger partial charge is 0.506 e. The zero-order valence-corrected chi connectivity index (χ0v) is 11.7. The van der Waals surface area contributed by atoms with Crippen molar-refractivity contribution in [3.05, 3.63) is 24.0 Å². The SMILES string of the molecule is CCC1CCC(N(C)C(=O)c2cncc(O)c2)CC1. The molecular weight excluding hydrogens is 240 g/mol. The molecule has 1 heterocycles. The van der Waals surface area contributed by atoms with E-state index in [2.05, 4.69) is 11.9 Å². The first-order chi connectivity index (χ1) is 9.11. The Balaban J connectivity index is 2.00. The summed E-state index contributed by atoms with van der Waals surface area (Å²) >= 11 is 0. The minimum atomic E-state index is -0.0525. The van der Waals surface area contributed by atoms with Crippen LogP contribution in [-0.2, 0) is 0 Å². The van der Waals surface area contributed by atoms with Crippen molar-refractivity contribution in [2.45, 2.75) is 45.1 Å². The van der Waals surface area contributed by atoms with Gasteiger partial charge in [0.25, 0.3) is 5.91 Å². The molecule has 4 heteroatoms. The predicted octanol–water partition coefficient (Wildman–Crippen LogP) is 2.83. The van der Waals surface area contributed by atoms with Crippen molar-refractivity contribution >= 4 is 5.91 Å². The van der Waals surface area contributed by atoms with Crippen molar-refractivity contribution in [2.75, 3.05) is 7.05 Å². The third-order valence-electron chi connectivity index (χ3n) is 4.23. The Labute approximate surface area is 114 Å². The highest BCUT2D eigenvalue weighted by atomic mass is 16.3. The maximum absolute atomic E-state index is 12.3. The number of hydrogen-bond acceptors (Lipinski definition) is 3. The molecule has 0 atom stereocenters. The number of carbonyl (C=O) groups is 1. The molecule has 0 aliphatic heterocycles. The number of aromatic hydroxyl groups is 1. The van der Waals surface area contributed by atoms with E-state index in [4.69, 9.17) is 0 Å².